The van der Waals surface area contributed by atoms with Crippen LogP contribution in [0.25, 0.3) is 0 Å². The molecule has 0 N–H and O–H groups in total. The van der Waals surface area contributed by atoms with Crippen molar-refractivity contribution in [2.75, 3.05) is 11.4 Å². The zero-order valence-corrected chi connectivity index (χ0v) is 13.7. The number of anilines is 1. The Morgan fingerprint density at radius 2 is 2.29 bits per heavy atom. The van der Waals surface area contributed by atoms with Crippen molar-refractivity contribution in [1.82, 2.24) is 4.98 Å². The Balaban J connectivity index is 2.37. The number of nitro groups is 1. The summed E-state index contributed by atoms with van der Waals surface area (Å²) in [6.45, 7) is 3.37. The SMILES string of the molecule is CC(=O)SC1CC(=O)N(c2nc(C)c(Br)cc2[N+](=O)[O-])C1. The van der Waals surface area contributed by atoms with Crippen LogP contribution in [0.2, 0.25) is 0 Å². The van der Waals surface area contributed by atoms with Gasteiger partial charge in [-0.25, -0.2) is 4.98 Å². The molecule has 7 nitrogen and oxygen atoms in total. The zero-order valence-electron chi connectivity index (χ0n) is 11.3. The Labute approximate surface area is 133 Å². The predicted molar refractivity (Wildman–Crippen MR) is 82.4 cm³/mol. The highest BCUT2D eigenvalue weighted by atomic mass is 79.9. The van der Waals surface area contributed by atoms with E-state index in [-0.39, 0.29) is 40.7 Å². The second kappa shape index (κ2) is 6.10. The molecule has 1 fully saturated rings. The lowest BCUT2D eigenvalue weighted by atomic mass is 10.3. The molecule has 1 aromatic rings. The number of halogens is 1. The van der Waals surface area contributed by atoms with Crippen molar-refractivity contribution in [2.24, 2.45) is 0 Å². The molecule has 0 saturated carbocycles. The lowest BCUT2D eigenvalue weighted by Gasteiger charge is -2.16. The number of nitrogens with zero attached hydrogens (tertiary/aromatic N) is 3. The van der Waals surface area contributed by atoms with Crippen LogP contribution in [0.4, 0.5) is 11.5 Å². The Morgan fingerprint density at radius 3 is 2.86 bits per heavy atom. The molecule has 2 rings (SSSR count). The number of aromatic nitrogens is 1. The first-order valence-corrected chi connectivity index (χ1v) is 7.76. The van der Waals surface area contributed by atoms with Crippen LogP contribution in [0.1, 0.15) is 19.0 Å². The molecule has 0 bridgehead atoms. The molecule has 1 atom stereocenters. The van der Waals surface area contributed by atoms with Gasteiger partial charge in [0.25, 0.3) is 0 Å². The quantitative estimate of drug-likeness (QED) is 0.596. The van der Waals surface area contributed by atoms with Crippen molar-refractivity contribution in [3.8, 4) is 0 Å². The molecule has 1 aliphatic heterocycles. The molecule has 1 aromatic heterocycles. The summed E-state index contributed by atoms with van der Waals surface area (Å²) < 4.78 is 0.513. The van der Waals surface area contributed by atoms with Gasteiger partial charge in [0.2, 0.25) is 11.7 Å². The van der Waals surface area contributed by atoms with E-state index >= 15 is 0 Å². The molecule has 0 radical (unpaired) electrons. The van der Waals surface area contributed by atoms with E-state index in [4.69, 9.17) is 0 Å². The minimum absolute atomic E-state index is 0.0392. The van der Waals surface area contributed by atoms with Gasteiger partial charge in [0.15, 0.2) is 5.12 Å². The molecule has 1 amide bonds. The summed E-state index contributed by atoms with van der Waals surface area (Å²) in [4.78, 5) is 39.2. The molecule has 2 heterocycles. The molecular weight excluding hydrogens is 362 g/mol. The van der Waals surface area contributed by atoms with Gasteiger partial charge in [0.05, 0.1) is 10.6 Å². The lowest BCUT2D eigenvalue weighted by molar-refractivity contribution is -0.384. The van der Waals surface area contributed by atoms with Gasteiger partial charge in [-0.1, -0.05) is 11.8 Å². The third-order valence-corrected chi connectivity index (χ3v) is 4.77. The van der Waals surface area contributed by atoms with Crippen molar-refractivity contribution in [3.63, 3.8) is 0 Å². The number of thioether (sulfide) groups is 1. The maximum Gasteiger partial charge on any atom is 0.313 e. The first-order chi connectivity index (χ1) is 9.79. The average Bonchev–Trinajstić information content (AvgIpc) is 2.71. The number of hydrogen-bond donors (Lipinski definition) is 0. The normalized spacial score (nSPS) is 18.1. The van der Waals surface area contributed by atoms with E-state index in [2.05, 4.69) is 20.9 Å². The number of carbonyl (C=O) groups excluding carboxylic acids is 2. The summed E-state index contributed by atoms with van der Waals surface area (Å²) in [6, 6.07) is 1.34. The van der Waals surface area contributed by atoms with Crippen molar-refractivity contribution < 1.29 is 14.5 Å². The van der Waals surface area contributed by atoms with Gasteiger partial charge < -0.3 is 0 Å². The van der Waals surface area contributed by atoms with Gasteiger partial charge in [0, 0.05) is 35.7 Å². The molecule has 0 aliphatic carbocycles. The van der Waals surface area contributed by atoms with Crippen LogP contribution in [0.15, 0.2) is 10.5 Å². The minimum Gasteiger partial charge on any atom is -0.290 e. The van der Waals surface area contributed by atoms with Crippen LogP contribution in [0.5, 0.6) is 0 Å². The Hall–Kier alpha value is -1.48. The van der Waals surface area contributed by atoms with E-state index in [1.54, 1.807) is 6.92 Å². The van der Waals surface area contributed by atoms with Crippen LogP contribution in [0, 0.1) is 17.0 Å². The number of carbonyl (C=O) groups is 2. The van der Waals surface area contributed by atoms with E-state index in [0.29, 0.717) is 10.2 Å². The highest BCUT2D eigenvalue weighted by molar-refractivity contribution is 9.10. The van der Waals surface area contributed by atoms with Gasteiger partial charge in [0.1, 0.15) is 0 Å². The van der Waals surface area contributed by atoms with Gasteiger partial charge in [-0.05, 0) is 22.9 Å². The van der Waals surface area contributed by atoms with E-state index in [1.807, 2.05) is 0 Å². The lowest BCUT2D eigenvalue weighted by Crippen LogP contribution is -2.27. The molecule has 0 spiro atoms. The summed E-state index contributed by atoms with van der Waals surface area (Å²) in [6.07, 6.45) is 0.179. The fourth-order valence-electron chi connectivity index (χ4n) is 2.08. The monoisotopic (exact) mass is 373 g/mol. The minimum atomic E-state index is -0.564. The van der Waals surface area contributed by atoms with E-state index in [0.717, 1.165) is 11.8 Å². The number of hydrogen-bond acceptors (Lipinski definition) is 6. The largest absolute Gasteiger partial charge is 0.313 e. The highest BCUT2D eigenvalue weighted by Crippen LogP contribution is 2.35. The first kappa shape index (κ1) is 15.9. The second-order valence-electron chi connectivity index (χ2n) is 4.60. The molecule has 112 valence electrons. The summed E-state index contributed by atoms with van der Waals surface area (Å²) in [5.74, 6) is -0.219. The Kier molecular flexibility index (Phi) is 4.62. The average molecular weight is 374 g/mol. The molecule has 1 saturated heterocycles. The molecule has 1 aliphatic rings. The number of pyridine rings is 1. The molecule has 0 aromatic carbocycles. The van der Waals surface area contributed by atoms with Crippen molar-refractivity contribution in [3.05, 3.63) is 26.3 Å². The Morgan fingerprint density at radius 1 is 1.62 bits per heavy atom. The maximum atomic E-state index is 12.1. The van der Waals surface area contributed by atoms with Gasteiger partial charge in [-0.15, -0.1) is 0 Å². The maximum absolute atomic E-state index is 12.1. The second-order valence-corrected chi connectivity index (χ2v) is 6.93. The fraction of sp³-hybridized carbons (Fsp3) is 0.417. The van der Waals surface area contributed by atoms with Crippen LogP contribution in [-0.2, 0) is 9.59 Å². The Bertz CT molecular complexity index is 637. The molecule has 9 heteroatoms. The summed E-state index contributed by atoms with van der Waals surface area (Å²) in [7, 11) is 0. The standard InChI is InChI=1S/C12H12BrN3O4S/c1-6-9(13)4-10(16(19)20)12(14-6)15-5-8(3-11(15)18)21-7(2)17/h4,8H,3,5H2,1-2H3. The third-order valence-electron chi connectivity index (χ3n) is 2.99. The van der Waals surface area contributed by atoms with Crippen LogP contribution >= 0.6 is 27.7 Å². The van der Waals surface area contributed by atoms with Gasteiger partial charge >= 0.3 is 5.69 Å². The fourth-order valence-corrected chi connectivity index (χ4v) is 3.31. The summed E-state index contributed by atoms with van der Waals surface area (Å²) in [5.41, 5.74) is 0.334. The van der Waals surface area contributed by atoms with Crippen molar-refractivity contribution >= 4 is 50.2 Å². The van der Waals surface area contributed by atoms with Crippen molar-refractivity contribution in [2.45, 2.75) is 25.5 Å². The van der Waals surface area contributed by atoms with E-state index in [9.17, 15) is 19.7 Å². The van der Waals surface area contributed by atoms with Crippen molar-refractivity contribution in [1.29, 1.82) is 0 Å². The summed E-state index contributed by atoms with van der Waals surface area (Å²) >= 11 is 4.28. The molecular formula is C12H12BrN3O4S. The third kappa shape index (κ3) is 3.41. The van der Waals surface area contributed by atoms with Crippen LogP contribution in [-0.4, -0.2) is 32.7 Å². The van der Waals surface area contributed by atoms with Crippen LogP contribution in [0.3, 0.4) is 0 Å². The topological polar surface area (TPSA) is 93.4 Å². The first-order valence-electron chi connectivity index (χ1n) is 6.08. The smallest absolute Gasteiger partial charge is 0.290 e. The van der Waals surface area contributed by atoms with Gasteiger partial charge in [-0.3, -0.25) is 24.6 Å². The predicted octanol–water partition coefficient (Wildman–Crippen LogP) is 2.45. The highest BCUT2D eigenvalue weighted by Gasteiger charge is 2.36. The molecule has 21 heavy (non-hydrogen) atoms. The van der Waals surface area contributed by atoms with E-state index in [1.165, 1.54) is 17.9 Å². The molecule has 1 unspecified atom stereocenters. The van der Waals surface area contributed by atoms with Gasteiger partial charge in [-0.2, -0.15) is 0 Å². The van der Waals surface area contributed by atoms with E-state index < -0.39 is 4.92 Å². The number of rotatable bonds is 3. The number of aryl methyl sites for hydroxylation is 1. The summed E-state index contributed by atoms with van der Waals surface area (Å²) in [5, 5.41) is 10.9. The zero-order chi connectivity index (χ0) is 15.7. The van der Waals surface area contributed by atoms with Crippen LogP contribution < -0.4 is 4.90 Å². The number of amides is 1.